The molecule has 3 heteroatoms. The Bertz CT molecular complexity index is 295. The first-order valence-corrected chi connectivity index (χ1v) is 4.70. The topological polar surface area (TPSA) is 69.1 Å². The number of carbonyl (C=O) groups is 1. The average Bonchev–Trinajstić information content (AvgIpc) is 2.18. The van der Waals surface area contributed by atoms with Crippen molar-refractivity contribution < 1.29 is 4.79 Å². The van der Waals surface area contributed by atoms with Crippen LogP contribution in [0, 0.1) is 0 Å². The highest BCUT2D eigenvalue weighted by Crippen LogP contribution is 2.03. The molecular weight excluding hydrogens is 176 g/mol. The van der Waals surface area contributed by atoms with Crippen molar-refractivity contribution >= 4 is 5.78 Å². The monoisotopic (exact) mass is 192 g/mol. The third-order valence-corrected chi connectivity index (χ3v) is 2.11. The van der Waals surface area contributed by atoms with Gasteiger partial charge in [0.15, 0.2) is 5.78 Å². The second-order valence-corrected chi connectivity index (χ2v) is 3.49. The summed E-state index contributed by atoms with van der Waals surface area (Å²) in [6.07, 6.45) is 0.557. The molecule has 0 aliphatic heterocycles. The lowest BCUT2D eigenvalue weighted by Gasteiger charge is -2.12. The molecule has 1 aromatic carbocycles. The molecule has 0 radical (unpaired) electrons. The molecule has 14 heavy (non-hydrogen) atoms. The second kappa shape index (κ2) is 4.88. The van der Waals surface area contributed by atoms with Crippen LogP contribution in [0.15, 0.2) is 30.3 Å². The number of hydrogen-bond donors (Lipinski definition) is 2. The molecule has 0 spiro atoms. The van der Waals surface area contributed by atoms with E-state index in [-0.39, 0.29) is 5.78 Å². The van der Waals surface area contributed by atoms with Crippen LogP contribution in [0.3, 0.4) is 0 Å². The largest absolute Gasteiger partial charge is 0.322 e. The summed E-state index contributed by atoms with van der Waals surface area (Å²) in [6.45, 7) is 1.66. The Morgan fingerprint density at radius 3 is 2.36 bits per heavy atom. The van der Waals surface area contributed by atoms with Gasteiger partial charge in [0.05, 0.1) is 12.1 Å². The maximum Gasteiger partial charge on any atom is 0.166 e. The third kappa shape index (κ3) is 2.94. The Morgan fingerprint density at radius 1 is 1.29 bits per heavy atom. The summed E-state index contributed by atoms with van der Waals surface area (Å²) in [5.74, 6) is -0.0890. The van der Waals surface area contributed by atoms with Gasteiger partial charge < -0.3 is 11.5 Å². The fraction of sp³-hybridized carbons (Fsp3) is 0.364. The molecule has 0 amide bonds. The molecule has 0 bridgehead atoms. The van der Waals surface area contributed by atoms with Crippen LogP contribution in [0.25, 0.3) is 0 Å². The van der Waals surface area contributed by atoms with Gasteiger partial charge in [0.1, 0.15) is 0 Å². The summed E-state index contributed by atoms with van der Waals surface area (Å²) in [7, 11) is 0. The van der Waals surface area contributed by atoms with Crippen molar-refractivity contribution in [1.29, 1.82) is 0 Å². The zero-order chi connectivity index (χ0) is 10.6. The van der Waals surface area contributed by atoms with Crippen molar-refractivity contribution in [2.75, 3.05) is 0 Å². The number of hydrogen-bond acceptors (Lipinski definition) is 3. The first-order chi connectivity index (χ1) is 6.61. The van der Waals surface area contributed by atoms with Crippen molar-refractivity contribution in [3.8, 4) is 0 Å². The number of nitrogens with two attached hydrogens (primary N) is 2. The van der Waals surface area contributed by atoms with Crippen LogP contribution in [-0.2, 0) is 11.2 Å². The van der Waals surface area contributed by atoms with E-state index in [1.54, 1.807) is 6.92 Å². The fourth-order valence-corrected chi connectivity index (χ4v) is 1.31. The average molecular weight is 192 g/mol. The zero-order valence-corrected chi connectivity index (χ0v) is 8.31. The van der Waals surface area contributed by atoms with Crippen molar-refractivity contribution in [2.24, 2.45) is 11.5 Å². The number of ketones is 1. The Kier molecular flexibility index (Phi) is 3.80. The van der Waals surface area contributed by atoms with E-state index in [0.29, 0.717) is 6.42 Å². The second-order valence-electron chi connectivity index (χ2n) is 3.49. The highest BCUT2D eigenvalue weighted by atomic mass is 16.1. The summed E-state index contributed by atoms with van der Waals surface area (Å²) >= 11 is 0. The summed E-state index contributed by atoms with van der Waals surface area (Å²) < 4.78 is 0. The van der Waals surface area contributed by atoms with E-state index >= 15 is 0 Å². The first kappa shape index (κ1) is 10.9. The predicted octanol–water partition coefficient (Wildman–Crippen LogP) is 0.473. The van der Waals surface area contributed by atoms with E-state index in [2.05, 4.69) is 0 Å². The van der Waals surface area contributed by atoms with Crippen molar-refractivity contribution in [3.05, 3.63) is 35.9 Å². The predicted molar refractivity (Wildman–Crippen MR) is 56.8 cm³/mol. The SMILES string of the molecule is C[C@@H](N)C(=O)[C@@H](N)Cc1ccccc1. The normalized spacial score (nSPS) is 14.8. The van der Waals surface area contributed by atoms with Crippen LogP contribution in [0.2, 0.25) is 0 Å². The Labute approximate surface area is 84.1 Å². The first-order valence-electron chi connectivity index (χ1n) is 4.70. The summed E-state index contributed by atoms with van der Waals surface area (Å²) in [5, 5.41) is 0. The highest BCUT2D eigenvalue weighted by Gasteiger charge is 2.17. The van der Waals surface area contributed by atoms with Crippen LogP contribution < -0.4 is 11.5 Å². The van der Waals surface area contributed by atoms with Crippen molar-refractivity contribution in [2.45, 2.75) is 25.4 Å². The fourth-order valence-electron chi connectivity index (χ4n) is 1.31. The van der Waals surface area contributed by atoms with Crippen LogP contribution in [0.5, 0.6) is 0 Å². The smallest absolute Gasteiger partial charge is 0.166 e. The lowest BCUT2D eigenvalue weighted by molar-refractivity contribution is -0.121. The van der Waals surface area contributed by atoms with Crippen LogP contribution in [0.1, 0.15) is 12.5 Å². The van der Waals surface area contributed by atoms with Gasteiger partial charge in [-0.25, -0.2) is 0 Å². The maximum absolute atomic E-state index is 11.4. The van der Waals surface area contributed by atoms with Gasteiger partial charge in [0.2, 0.25) is 0 Å². The number of Topliss-reactive ketones (excluding diaryl/α,β-unsaturated/α-hetero) is 1. The van der Waals surface area contributed by atoms with Gasteiger partial charge >= 0.3 is 0 Å². The molecule has 0 saturated carbocycles. The summed E-state index contributed by atoms with van der Waals surface area (Å²) in [4.78, 5) is 11.4. The molecular formula is C11H16N2O. The molecule has 2 atom stereocenters. The van der Waals surface area contributed by atoms with Crippen LogP contribution >= 0.6 is 0 Å². The molecule has 0 aromatic heterocycles. The molecule has 0 heterocycles. The number of rotatable bonds is 4. The molecule has 0 fully saturated rings. The number of carbonyl (C=O) groups excluding carboxylic acids is 1. The standard InChI is InChI=1S/C11H16N2O/c1-8(12)11(14)10(13)7-9-5-3-2-4-6-9/h2-6,8,10H,7,12-13H2,1H3/t8-,10+/m1/s1. The Morgan fingerprint density at radius 2 is 1.86 bits per heavy atom. The minimum atomic E-state index is -0.489. The minimum Gasteiger partial charge on any atom is -0.322 e. The molecule has 0 unspecified atom stereocenters. The van der Waals surface area contributed by atoms with E-state index in [1.165, 1.54) is 0 Å². The molecule has 3 nitrogen and oxygen atoms in total. The van der Waals surface area contributed by atoms with Gasteiger partial charge in [-0.15, -0.1) is 0 Å². The van der Waals surface area contributed by atoms with Crippen molar-refractivity contribution in [3.63, 3.8) is 0 Å². The number of benzene rings is 1. The molecule has 1 rings (SSSR count). The Hall–Kier alpha value is -1.19. The van der Waals surface area contributed by atoms with Gasteiger partial charge in [-0.05, 0) is 18.9 Å². The van der Waals surface area contributed by atoms with Gasteiger partial charge in [0, 0.05) is 0 Å². The molecule has 0 saturated heterocycles. The van der Waals surface area contributed by atoms with E-state index in [1.807, 2.05) is 30.3 Å². The van der Waals surface area contributed by atoms with E-state index in [4.69, 9.17) is 11.5 Å². The van der Waals surface area contributed by atoms with E-state index in [9.17, 15) is 4.79 Å². The molecule has 0 aliphatic rings. The van der Waals surface area contributed by atoms with Gasteiger partial charge in [0.25, 0.3) is 0 Å². The zero-order valence-electron chi connectivity index (χ0n) is 8.31. The Balaban J connectivity index is 2.57. The van der Waals surface area contributed by atoms with Crippen LogP contribution in [-0.4, -0.2) is 17.9 Å². The summed E-state index contributed by atoms with van der Waals surface area (Å²) in [5.41, 5.74) is 12.2. The van der Waals surface area contributed by atoms with Gasteiger partial charge in [-0.2, -0.15) is 0 Å². The van der Waals surface area contributed by atoms with Crippen molar-refractivity contribution in [1.82, 2.24) is 0 Å². The van der Waals surface area contributed by atoms with Gasteiger partial charge in [-0.1, -0.05) is 30.3 Å². The third-order valence-electron chi connectivity index (χ3n) is 2.11. The quantitative estimate of drug-likeness (QED) is 0.728. The molecule has 1 aromatic rings. The van der Waals surface area contributed by atoms with Crippen LogP contribution in [0.4, 0.5) is 0 Å². The maximum atomic E-state index is 11.4. The molecule has 0 aliphatic carbocycles. The molecule has 4 N–H and O–H groups in total. The summed E-state index contributed by atoms with van der Waals surface area (Å²) in [6, 6.07) is 8.73. The lowest BCUT2D eigenvalue weighted by Crippen LogP contribution is -2.42. The highest BCUT2D eigenvalue weighted by molar-refractivity contribution is 5.88. The van der Waals surface area contributed by atoms with E-state index < -0.39 is 12.1 Å². The van der Waals surface area contributed by atoms with Gasteiger partial charge in [-0.3, -0.25) is 4.79 Å². The van der Waals surface area contributed by atoms with E-state index in [0.717, 1.165) is 5.56 Å². The lowest BCUT2D eigenvalue weighted by atomic mass is 10.00. The molecule has 76 valence electrons. The minimum absolute atomic E-state index is 0.0890.